The van der Waals surface area contributed by atoms with Crippen molar-refractivity contribution in [2.75, 3.05) is 6.54 Å². The van der Waals surface area contributed by atoms with Crippen molar-refractivity contribution in [2.24, 2.45) is 0 Å². The fourth-order valence-electron chi connectivity index (χ4n) is 1.48. The van der Waals surface area contributed by atoms with Crippen molar-refractivity contribution in [3.05, 3.63) is 12.2 Å². The number of hydrogen-bond donors (Lipinski definition) is 0. The molecule has 6 heteroatoms. The first kappa shape index (κ1) is 9.64. The molecular weight excluding hydrogens is 250 g/mol. The number of amides is 1. The minimum atomic E-state index is -0.0526. The van der Waals surface area contributed by atoms with Gasteiger partial charge in [0.05, 0.1) is 11.4 Å². The number of hydrogen-bond acceptors (Lipinski definition) is 4. The molecule has 1 atom stereocenters. The SMILES string of the molecule is O=C1C(Br)CCCN1Cc1ncon1. The second-order valence-corrected chi connectivity index (χ2v) is 4.32. The molecule has 5 nitrogen and oxygen atoms in total. The van der Waals surface area contributed by atoms with E-state index in [1.807, 2.05) is 0 Å². The first-order chi connectivity index (χ1) is 6.77. The van der Waals surface area contributed by atoms with Crippen molar-refractivity contribution in [1.29, 1.82) is 0 Å². The maximum Gasteiger partial charge on any atom is 0.236 e. The fourth-order valence-corrected chi connectivity index (χ4v) is 2.10. The molecule has 0 radical (unpaired) electrons. The molecule has 14 heavy (non-hydrogen) atoms. The van der Waals surface area contributed by atoms with Gasteiger partial charge in [-0.2, -0.15) is 4.98 Å². The van der Waals surface area contributed by atoms with Crippen molar-refractivity contribution >= 4 is 21.8 Å². The molecule has 0 aromatic carbocycles. The predicted molar refractivity (Wildman–Crippen MR) is 51.7 cm³/mol. The average Bonchev–Trinajstić information content (AvgIpc) is 2.66. The molecule has 1 aromatic heterocycles. The Labute approximate surface area is 89.6 Å². The highest BCUT2D eigenvalue weighted by molar-refractivity contribution is 9.10. The quantitative estimate of drug-likeness (QED) is 0.743. The van der Waals surface area contributed by atoms with Gasteiger partial charge in [0.1, 0.15) is 0 Å². The summed E-state index contributed by atoms with van der Waals surface area (Å²) < 4.78 is 4.61. The number of carbonyl (C=O) groups is 1. The molecule has 1 aromatic rings. The lowest BCUT2D eigenvalue weighted by atomic mass is 10.1. The maximum atomic E-state index is 11.6. The summed E-state index contributed by atoms with van der Waals surface area (Å²) in [5.74, 6) is 0.668. The largest absolute Gasteiger partial charge is 0.343 e. The number of alkyl halides is 1. The Morgan fingerprint density at radius 3 is 3.29 bits per heavy atom. The molecule has 1 saturated heterocycles. The van der Waals surface area contributed by atoms with Crippen LogP contribution in [-0.2, 0) is 11.3 Å². The van der Waals surface area contributed by atoms with Gasteiger partial charge in [0.15, 0.2) is 5.82 Å². The summed E-state index contributed by atoms with van der Waals surface area (Å²) in [6.07, 6.45) is 3.19. The number of halogens is 1. The summed E-state index contributed by atoms with van der Waals surface area (Å²) in [4.78, 5) is 17.2. The van der Waals surface area contributed by atoms with E-state index in [1.165, 1.54) is 6.39 Å². The molecule has 0 bridgehead atoms. The van der Waals surface area contributed by atoms with E-state index in [0.29, 0.717) is 12.4 Å². The number of aromatic nitrogens is 2. The first-order valence-electron chi connectivity index (χ1n) is 4.45. The second kappa shape index (κ2) is 4.08. The Balaban J connectivity index is 2.00. The monoisotopic (exact) mass is 259 g/mol. The zero-order valence-electron chi connectivity index (χ0n) is 7.52. The van der Waals surface area contributed by atoms with E-state index in [2.05, 4.69) is 30.6 Å². The third-order valence-electron chi connectivity index (χ3n) is 2.20. The molecule has 76 valence electrons. The van der Waals surface area contributed by atoms with Crippen LogP contribution in [-0.4, -0.2) is 32.3 Å². The molecule has 2 rings (SSSR count). The van der Waals surface area contributed by atoms with Gasteiger partial charge >= 0.3 is 0 Å². The van der Waals surface area contributed by atoms with Gasteiger partial charge in [-0.25, -0.2) is 0 Å². The highest BCUT2D eigenvalue weighted by Gasteiger charge is 2.27. The van der Waals surface area contributed by atoms with E-state index >= 15 is 0 Å². The van der Waals surface area contributed by atoms with Crippen molar-refractivity contribution in [3.8, 4) is 0 Å². The van der Waals surface area contributed by atoms with Gasteiger partial charge in [-0.1, -0.05) is 21.1 Å². The Morgan fingerprint density at radius 2 is 2.57 bits per heavy atom. The van der Waals surface area contributed by atoms with Crippen molar-refractivity contribution in [2.45, 2.75) is 24.2 Å². The minimum Gasteiger partial charge on any atom is -0.343 e. The van der Waals surface area contributed by atoms with Crippen LogP contribution in [0.15, 0.2) is 10.9 Å². The highest BCUT2D eigenvalue weighted by atomic mass is 79.9. The Bertz CT molecular complexity index is 314. The van der Waals surface area contributed by atoms with E-state index in [4.69, 9.17) is 0 Å². The standard InChI is InChI=1S/C8H10BrN3O2/c9-6-2-1-3-12(8(6)13)4-7-10-5-14-11-7/h5-6H,1-4H2. The Hall–Kier alpha value is -0.910. The minimum absolute atomic E-state index is 0.0526. The van der Waals surface area contributed by atoms with Crippen LogP contribution in [0.4, 0.5) is 0 Å². The van der Waals surface area contributed by atoms with Crippen LogP contribution in [0.3, 0.4) is 0 Å². The molecule has 2 heterocycles. The van der Waals surface area contributed by atoms with Gasteiger partial charge in [0.2, 0.25) is 12.3 Å². The summed E-state index contributed by atoms with van der Waals surface area (Å²) in [7, 11) is 0. The van der Waals surface area contributed by atoms with Crippen LogP contribution in [0.25, 0.3) is 0 Å². The third-order valence-corrected chi connectivity index (χ3v) is 3.05. The summed E-state index contributed by atoms with van der Waals surface area (Å²) in [5.41, 5.74) is 0. The highest BCUT2D eigenvalue weighted by Crippen LogP contribution is 2.19. The van der Waals surface area contributed by atoms with Gasteiger partial charge in [-0.15, -0.1) is 0 Å². The van der Waals surface area contributed by atoms with Crippen LogP contribution in [0.1, 0.15) is 18.7 Å². The Kier molecular flexibility index (Phi) is 2.81. The van der Waals surface area contributed by atoms with Crippen molar-refractivity contribution in [1.82, 2.24) is 15.0 Å². The lowest BCUT2D eigenvalue weighted by Gasteiger charge is -2.28. The fraction of sp³-hybridized carbons (Fsp3) is 0.625. The lowest BCUT2D eigenvalue weighted by Crippen LogP contribution is -2.41. The number of rotatable bonds is 2. The second-order valence-electron chi connectivity index (χ2n) is 3.22. The van der Waals surface area contributed by atoms with Crippen LogP contribution < -0.4 is 0 Å². The first-order valence-corrected chi connectivity index (χ1v) is 5.37. The van der Waals surface area contributed by atoms with E-state index in [9.17, 15) is 4.79 Å². The molecule has 0 aliphatic carbocycles. The summed E-state index contributed by atoms with van der Waals surface area (Å²) in [6, 6.07) is 0. The zero-order valence-corrected chi connectivity index (χ0v) is 9.11. The van der Waals surface area contributed by atoms with E-state index in [1.54, 1.807) is 4.90 Å². The van der Waals surface area contributed by atoms with Gasteiger partial charge in [-0.3, -0.25) is 4.79 Å². The van der Waals surface area contributed by atoms with Gasteiger partial charge in [0.25, 0.3) is 0 Å². The molecule has 1 aliphatic rings. The van der Waals surface area contributed by atoms with Crippen LogP contribution in [0.2, 0.25) is 0 Å². The lowest BCUT2D eigenvalue weighted by molar-refractivity contribution is -0.133. The molecule has 1 fully saturated rings. The average molecular weight is 260 g/mol. The van der Waals surface area contributed by atoms with Gasteiger partial charge < -0.3 is 9.42 Å². The molecule has 1 aliphatic heterocycles. The van der Waals surface area contributed by atoms with E-state index in [0.717, 1.165) is 19.4 Å². The number of likely N-dealkylation sites (tertiary alicyclic amines) is 1. The van der Waals surface area contributed by atoms with Crippen LogP contribution in [0.5, 0.6) is 0 Å². The molecule has 1 unspecified atom stereocenters. The predicted octanol–water partition coefficient (Wildman–Crippen LogP) is 0.955. The van der Waals surface area contributed by atoms with Crippen molar-refractivity contribution in [3.63, 3.8) is 0 Å². The zero-order chi connectivity index (χ0) is 9.97. The molecule has 1 amide bonds. The molecule has 0 spiro atoms. The number of carbonyl (C=O) groups excluding carboxylic acids is 1. The summed E-state index contributed by atoms with van der Waals surface area (Å²) in [6.45, 7) is 1.22. The molecular formula is C8H10BrN3O2. The summed E-state index contributed by atoms with van der Waals surface area (Å²) >= 11 is 3.34. The van der Waals surface area contributed by atoms with Gasteiger partial charge in [0, 0.05) is 6.54 Å². The van der Waals surface area contributed by atoms with E-state index < -0.39 is 0 Å². The van der Waals surface area contributed by atoms with Crippen molar-refractivity contribution < 1.29 is 9.32 Å². The maximum absolute atomic E-state index is 11.6. The summed E-state index contributed by atoms with van der Waals surface area (Å²) in [5, 5.41) is 3.67. The topological polar surface area (TPSA) is 59.2 Å². The van der Waals surface area contributed by atoms with Gasteiger partial charge in [-0.05, 0) is 12.8 Å². The van der Waals surface area contributed by atoms with Crippen LogP contribution >= 0.6 is 15.9 Å². The third kappa shape index (κ3) is 1.95. The van der Waals surface area contributed by atoms with E-state index in [-0.39, 0.29) is 10.7 Å². The molecule has 0 N–H and O–H groups in total. The smallest absolute Gasteiger partial charge is 0.236 e. The number of piperidine rings is 1. The normalized spacial score (nSPS) is 22.8. The number of nitrogens with zero attached hydrogens (tertiary/aromatic N) is 3. The molecule has 0 saturated carbocycles. The van der Waals surface area contributed by atoms with Crippen LogP contribution in [0, 0.1) is 0 Å². The Morgan fingerprint density at radius 1 is 1.71 bits per heavy atom.